The second kappa shape index (κ2) is 7.09. The number of amides is 1. The molecule has 0 aliphatic carbocycles. The molecule has 0 radical (unpaired) electrons. The molecule has 1 aromatic heterocycles. The van der Waals surface area contributed by atoms with E-state index < -0.39 is 0 Å². The van der Waals surface area contributed by atoms with E-state index in [1.165, 1.54) is 0 Å². The van der Waals surface area contributed by atoms with Crippen molar-refractivity contribution < 1.29 is 9.53 Å². The van der Waals surface area contributed by atoms with Gasteiger partial charge in [-0.2, -0.15) is 0 Å². The van der Waals surface area contributed by atoms with E-state index in [0.29, 0.717) is 24.5 Å². The summed E-state index contributed by atoms with van der Waals surface area (Å²) in [6, 6.07) is 11.1. The van der Waals surface area contributed by atoms with Crippen LogP contribution in [0.2, 0.25) is 0 Å². The molecule has 1 heterocycles. The van der Waals surface area contributed by atoms with E-state index in [4.69, 9.17) is 4.74 Å². The topological polar surface area (TPSA) is 51.2 Å². The van der Waals surface area contributed by atoms with E-state index in [9.17, 15) is 4.79 Å². The highest BCUT2D eigenvalue weighted by atomic mass is 16.5. The fraction of sp³-hybridized carbons (Fsp3) is 0.125. The van der Waals surface area contributed by atoms with Gasteiger partial charge in [0, 0.05) is 36.1 Å². The molecular formula is C16H16N2O2. The van der Waals surface area contributed by atoms with E-state index in [0.717, 1.165) is 5.56 Å². The third-order valence-corrected chi connectivity index (χ3v) is 2.58. The zero-order chi connectivity index (χ0) is 14.2. The Morgan fingerprint density at radius 3 is 3.00 bits per heavy atom. The fourth-order valence-electron chi connectivity index (χ4n) is 1.66. The lowest BCUT2D eigenvalue weighted by atomic mass is 10.2. The molecule has 2 aromatic rings. The summed E-state index contributed by atoms with van der Waals surface area (Å²) in [6.45, 7) is 3.97. The van der Waals surface area contributed by atoms with Crippen LogP contribution in [0.1, 0.15) is 12.0 Å². The SMILES string of the molecule is C=CCC(=O)Nc1cccc(OCc2cccnc2)c1. The minimum Gasteiger partial charge on any atom is -0.489 e. The largest absolute Gasteiger partial charge is 0.489 e. The number of aromatic nitrogens is 1. The predicted molar refractivity (Wildman–Crippen MR) is 78.5 cm³/mol. The number of hydrogen-bond acceptors (Lipinski definition) is 3. The van der Waals surface area contributed by atoms with Crippen LogP contribution in [-0.4, -0.2) is 10.9 Å². The van der Waals surface area contributed by atoms with Gasteiger partial charge in [0.2, 0.25) is 5.91 Å². The molecule has 1 N–H and O–H groups in total. The molecular weight excluding hydrogens is 252 g/mol. The normalized spacial score (nSPS) is 9.80. The summed E-state index contributed by atoms with van der Waals surface area (Å²) in [6.07, 6.45) is 5.34. The Bertz CT molecular complexity index is 582. The number of carbonyl (C=O) groups is 1. The van der Waals surface area contributed by atoms with Crippen molar-refractivity contribution in [1.29, 1.82) is 0 Å². The molecule has 102 valence electrons. The van der Waals surface area contributed by atoms with E-state index in [2.05, 4.69) is 16.9 Å². The molecule has 4 nitrogen and oxygen atoms in total. The maximum Gasteiger partial charge on any atom is 0.228 e. The van der Waals surface area contributed by atoms with Gasteiger partial charge >= 0.3 is 0 Å². The van der Waals surface area contributed by atoms with Crippen molar-refractivity contribution in [3.05, 3.63) is 67.0 Å². The third kappa shape index (κ3) is 4.24. The summed E-state index contributed by atoms with van der Waals surface area (Å²) in [4.78, 5) is 15.5. The Morgan fingerprint density at radius 1 is 1.35 bits per heavy atom. The van der Waals surface area contributed by atoms with Gasteiger partial charge < -0.3 is 10.1 Å². The first-order valence-electron chi connectivity index (χ1n) is 6.30. The molecule has 0 bridgehead atoms. The molecule has 0 fully saturated rings. The first-order valence-corrected chi connectivity index (χ1v) is 6.30. The zero-order valence-corrected chi connectivity index (χ0v) is 11.1. The fourth-order valence-corrected chi connectivity index (χ4v) is 1.66. The quantitative estimate of drug-likeness (QED) is 0.819. The highest BCUT2D eigenvalue weighted by molar-refractivity contribution is 5.91. The zero-order valence-electron chi connectivity index (χ0n) is 11.1. The van der Waals surface area contributed by atoms with Gasteiger partial charge in [0.15, 0.2) is 0 Å². The highest BCUT2D eigenvalue weighted by Gasteiger charge is 2.01. The Morgan fingerprint density at radius 2 is 2.25 bits per heavy atom. The van der Waals surface area contributed by atoms with Crippen LogP contribution in [0, 0.1) is 0 Å². The van der Waals surface area contributed by atoms with E-state index in [-0.39, 0.29) is 5.91 Å². The number of carbonyl (C=O) groups excluding carboxylic acids is 1. The van der Waals surface area contributed by atoms with Gasteiger partial charge in [0.05, 0.1) is 0 Å². The van der Waals surface area contributed by atoms with Crippen molar-refractivity contribution in [3.8, 4) is 5.75 Å². The van der Waals surface area contributed by atoms with Gasteiger partial charge in [0.25, 0.3) is 0 Å². The van der Waals surface area contributed by atoms with Crippen molar-refractivity contribution in [2.75, 3.05) is 5.32 Å². The molecule has 4 heteroatoms. The molecule has 0 aliphatic heterocycles. The minimum absolute atomic E-state index is 0.0931. The van der Waals surface area contributed by atoms with Crippen LogP contribution in [-0.2, 0) is 11.4 Å². The smallest absolute Gasteiger partial charge is 0.228 e. The van der Waals surface area contributed by atoms with Gasteiger partial charge in [0.1, 0.15) is 12.4 Å². The van der Waals surface area contributed by atoms with Crippen molar-refractivity contribution >= 4 is 11.6 Å². The molecule has 1 amide bonds. The van der Waals surface area contributed by atoms with Crippen molar-refractivity contribution in [2.24, 2.45) is 0 Å². The lowest BCUT2D eigenvalue weighted by Crippen LogP contribution is -2.09. The van der Waals surface area contributed by atoms with Crippen molar-refractivity contribution in [1.82, 2.24) is 4.98 Å². The maximum absolute atomic E-state index is 11.5. The van der Waals surface area contributed by atoms with Crippen LogP contribution in [0.3, 0.4) is 0 Å². The summed E-state index contributed by atoms with van der Waals surface area (Å²) in [7, 11) is 0. The Hall–Kier alpha value is -2.62. The lowest BCUT2D eigenvalue weighted by Gasteiger charge is -2.08. The van der Waals surface area contributed by atoms with Gasteiger partial charge in [-0.15, -0.1) is 6.58 Å². The average molecular weight is 268 g/mol. The molecule has 2 rings (SSSR count). The average Bonchev–Trinajstić information content (AvgIpc) is 2.47. The van der Waals surface area contributed by atoms with Gasteiger partial charge in [-0.25, -0.2) is 0 Å². The number of ether oxygens (including phenoxy) is 1. The third-order valence-electron chi connectivity index (χ3n) is 2.58. The lowest BCUT2D eigenvalue weighted by molar-refractivity contribution is -0.115. The van der Waals surface area contributed by atoms with Crippen LogP contribution >= 0.6 is 0 Å². The van der Waals surface area contributed by atoms with Gasteiger partial charge in [-0.1, -0.05) is 18.2 Å². The second-order valence-corrected chi connectivity index (χ2v) is 4.22. The predicted octanol–water partition coefficient (Wildman–Crippen LogP) is 3.18. The van der Waals surface area contributed by atoms with Gasteiger partial charge in [-0.05, 0) is 18.2 Å². The summed E-state index contributed by atoms with van der Waals surface area (Å²) >= 11 is 0. The Labute approximate surface area is 118 Å². The summed E-state index contributed by atoms with van der Waals surface area (Å²) in [5, 5.41) is 2.78. The number of benzene rings is 1. The van der Waals surface area contributed by atoms with Gasteiger partial charge in [-0.3, -0.25) is 9.78 Å². The van der Waals surface area contributed by atoms with Crippen LogP contribution in [0.25, 0.3) is 0 Å². The Kier molecular flexibility index (Phi) is 4.89. The molecule has 1 aromatic carbocycles. The van der Waals surface area contributed by atoms with Crippen molar-refractivity contribution in [2.45, 2.75) is 13.0 Å². The monoisotopic (exact) mass is 268 g/mol. The molecule has 0 saturated carbocycles. The number of hydrogen-bond donors (Lipinski definition) is 1. The maximum atomic E-state index is 11.5. The summed E-state index contributed by atoms with van der Waals surface area (Å²) < 4.78 is 5.66. The molecule has 0 unspecified atom stereocenters. The second-order valence-electron chi connectivity index (χ2n) is 4.22. The molecule has 20 heavy (non-hydrogen) atoms. The molecule has 0 atom stereocenters. The summed E-state index contributed by atoms with van der Waals surface area (Å²) in [5.41, 5.74) is 1.70. The van der Waals surface area contributed by atoms with E-state index in [1.807, 2.05) is 30.3 Å². The minimum atomic E-state index is -0.0931. The van der Waals surface area contributed by atoms with Crippen LogP contribution in [0.15, 0.2) is 61.4 Å². The number of rotatable bonds is 6. The first-order chi connectivity index (χ1) is 9.78. The standard InChI is InChI=1S/C16H16N2O2/c1-2-5-16(19)18-14-7-3-8-15(10-14)20-12-13-6-4-9-17-11-13/h2-4,6-11H,1,5,12H2,(H,18,19). The molecule has 0 spiro atoms. The number of anilines is 1. The number of nitrogens with zero attached hydrogens (tertiary/aromatic N) is 1. The van der Waals surface area contributed by atoms with Crippen LogP contribution in [0.5, 0.6) is 5.75 Å². The Balaban J connectivity index is 1.95. The van der Waals surface area contributed by atoms with Crippen molar-refractivity contribution in [3.63, 3.8) is 0 Å². The highest BCUT2D eigenvalue weighted by Crippen LogP contribution is 2.18. The molecule has 0 saturated heterocycles. The number of nitrogens with one attached hydrogen (secondary N) is 1. The number of pyridine rings is 1. The van der Waals surface area contributed by atoms with E-state index >= 15 is 0 Å². The van der Waals surface area contributed by atoms with Crippen LogP contribution < -0.4 is 10.1 Å². The van der Waals surface area contributed by atoms with Crippen LogP contribution in [0.4, 0.5) is 5.69 Å². The molecule has 0 aliphatic rings. The summed E-state index contributed by atoms with van der Waals surface area (Å²) in [5.74, 6) is 0.606. The van der Waals surface area contributed by atoms with E-state index in [1.54, 1.807) is 24.5 Å². The first kappa shape index (κ1) is 13.8.